The number of aryl methyl sites for hydroxylation is 2. The Bertz CT molecular complexity index is 943. The molecule has 0 heterocycles. The molecule has 2 N–H and O–H groups in total. The lowest BCUT2D eigenvalue weighted by atomic mass is 10.0. The van der Waals surface area contributed by atoms with E-state index in [4.69, 9.17) is 18.9 Å². The van der Waals surface area contributed by atoms with Crippen molar-refractivity contribution in [3.63, 3.8) is 0 Å². The van der Waals surface area contributed by atoms with Crippen LogP contribution in [0.4, 0.5) is 0 Å². The van der Waals surface area contributed by atoms with Crippen molar-refractivity contribution < 1.29 is 38.7 Å². The number of aliphatic hydroxyl groups excluding tert-OH is 2. The molecule has 200 valence electrons. The molecule has 0 aliphatic carbocycles. The second-order valence-corrected chi connectivity index (χ2v) is 8.83. The van der Waals surface area contributed by atoms with Crippen LogP contribution < -0.4 is 9.47 Å². The summed E-state index contributed by atoms with van der Waals surface area (Å²) in [7, 11) is 0. The van der Waals surface area contributed by atoms with E-state index in [2.05, 4.69) is 13.2 Å². The van der Waals surface area contributed by atoms with Crippen LogP contribution in [0.5, 0.6) is 11.5 Å². The van der Waals surface area contributed by atoms with Crippen molar-refractivity contribution in [2.24, 2.45) is 0 Å². The van der Waals surface area contributed by atoms with Gasteiger partial charge >= 0.3 is 11.9 Å². The number of ether oxygens (including phenoxy) is 4. The molecule has 0 aliphatic heterocycles. The first kappa shape index (κ1) is 29.6. The molecule has 0 spiro atoms. The van der Waals surface area contributed by atoms with Gasteiger partial charge in [-0.2, -0.15) is 0 Å². The molecule has 0 bridgehead atoms. The molecule has 2 atom stereocenters. The van der Waals surface area contributed by atoms with Gasteiger partial charge in [0.25, 0.3) is 0 Å². The molecule has 0 fully saturated rings. The third-order valence-corrected chi connectivity index (χ3v) is 5.17. The highest BCUT2D eigenvalue weighted by molar-refractivity contribution is 5.87. The average Bonchev–Trinajstić information content (AvgIpc) is 2.89. The minimum Gasteiger partial charge on any atom is -0.491 e. The Balaban J connectivity index is 1.65. The topological polar surface area (TPSA) is 112 Å². The normalized spacial score (nSPS) is 12.2. The molecule has 8 nitrogen and oxygen atoms in total. The first-order chi connectivity index (χ1) is 17.6. The molecule has 37 heavy (non-hydrogen) atoms. The number of carbonyl (C=O) groups excluding carboxylic acids is 2. The average molecular weight is 513 g/mol. The maximum absolute atomic E-state index is 11.4. The standard InChI is InChI=1S/C29H36O8/c1-20(2)28(32)36-18-24(30)16-34-26-12-8-22(9-13-26)6-5-7-23-10-14-27(15-11-23)35-17-25(31)19-37-29(33)21(3)4/h8-15,24-25,30-31H,1,3,5-7,16-19H2,2,4H3. The molecular weight excluding hydrogens is 476 g/mol. The van der Waals surface area contributed by atoms with Gasteiger partial charge in [0, 0.05) is 11.1 Å². The van der Waals surface area contributed by atoms with E-state index < -0.39 is 24.1 Å². The zero-order valence-corrected chi connectivity index (χ0v) is 21.5. The van der Waals surface area contributed by atoms with Gasteiger partial charge in [-0.05, 0) is 68.5 Å². The lowest BCUT2D eigenvalue weighted by Crippen LogP contribution is -2.25. The number of hydrogen-bond acceptors (Lipinski definition) is 8. The third-order valence-electron chi connectivity index (χ3n) is 5.17. The number of benzene rings is 2. The van der Waals surface area contributed by atoms with Gasteiger partial charge in [0.15, 0.2) is 0 Å². The van der Waals surface area contributed by atoms with Gasteiger partial charge in [-0.1, -0.05) is 37.4 Å². The molecule has 8 heteroatoms. The summed E-state index contributed by atoms with van der Waals surface area (Å²) in [6.45, 7) is 9.81. The van der Waals surface area contributed by atoms with Crippen molar-refractivity contribution in [2.75, 3.05) is 26.4 Å². The predicted octanol–water partition coefficient (Wildman–Crippen LogP) is 3.58. The Hall–Kier alpha value is -3.62. The summed E-state index contributed by atoms with van der Waals surface area (Å²) in [4.78, 5) is 22.7. The van der Waals surface area contributed by atoms with Crippen LogP contribution in [0.2, 0.25) is 0 Å². The lowest BCUT2D eigenvalue weighted by Gasteiger charge is -2.13. The summed E-state index contributed by atoms with van der Waals surface area (Å²) in [6, 6.07) is 15.3. The highest BCUT2D eigenvalue weighted by Crippen LogP contribution is 2.17. The van der Waals surface area contributed by atoms with E-state index >= 15 is 0 Å². The van der Waals surface area contributed by atoms with Gasteiger partial charge in [-0.25, -0.2) is 9.59 Å². The van der Waals surface area contributed by atoms with Gasteiger partial charge in [0.05, 0.1) is 0 Å². The van der Waals surface area contributed by atoms with E-state index in [1.54, 1.807) is 13.8 Å². The van der Waals surface area contributed by atoms with Gasteiger partial charge in [-0.3, -0.25) is 0 Å². The minimum atomic E-state index is -0.920. The van der Waals surface area contributed by atoms with Crippen molar-refractivity contribution in [3.05, 3.63) is 84.0 Å². The maximum atomic E-state index is 11.4. The molecule has 0 radical (unpaired) electrons. The summed E-state index contributed by atoms with van der Waals surface area (Å²) < 4.78 is 20.9. The van der Waals surface area contributed by atoms with Crippen LogP contribution in [0.3, 0.4) is 0 Å². The second-order valence-electron chi connectivity index (χ2n) is 8.83. The van der Waals surface area contributed by atoms with Crippen molar-refractivity contribution in [2.45, 2.75) is 45.3 Å². The molecule has 0 saturated carbocycles. The largest absolute Gasteiger partial charge is 0.491 e. The van der Waals surface area contributed by atoms with Crippen LogP contribution in [0, 0.1) is 0 Å². The van der Waals surface area contributed by atoms with E-state index in [9.17, 15) is 19.8 Å². The van der Waals surface area contributed by atoms with Crippen LogP contribution in [-0.2, 0) is 31.9 Å². The molecular formula is C29H36O8. The summed E-state index contributed by atoms with van der Waals surface area (Å²) in [6.07, 6.45) is 0.910. The Kier molecular flexibility index (Phi) is 12.4. The van der Waals surface area contributed by atoms with Crippen LogP contribution in [0.15, 0.2) is 72.8 Å². The Morgan fingerprint density at radius 1 is 0.676 bits per heavy atom. The zero-order chi connectivity index (χ0) is 27.2. The SMILES string of the molecule is C=C(C)C(=O)OCC(O)COc1ccc(CCCc2ccc(OCC(O)COC(=O)C(=C)C)cc2)cc1. The van der Waals surface area contributed by atoms with E-state index in [1.165, 1.54) is 11.1 Å². The van der Waals surface area contributed by atoms with Crippen molar-refractivity contribution in [3.8, 4) is 11.5 Å². The van der Waals surface area contributed by atoms with Crippen molar-refractivity contribution in [1.29, 1.82) is 0 Å². The van der Waals surface area contributed by atoms with Crippen LogP contribution in [-0.4, -0.2) is 60.8 Å². The Morgan fingerprint density at radius 3 is 1.35 bits per heavy atom. The molecule has 0 aliphatic rings. The molecule has 2 aromatic rings. The fourth-order valence-corrected chi connectivity index (χ4v) is 3.07. The monoisotopic (exact) mass is 512 g/mol. The maximum Gasteiger partial charge on any atom is 0.333 e. The van der Waals surface area contributed by atoms with E-state index in [1.807, 2.05) is 48.5 Å². The summed E-state index contributed by atoms with van der Waals surface area (Å²) >= 11 is 0. The quantitative estimate of drug-likeness (QED) is 0.259. The van der Waals surface area contributed by atoms with Crippen molar-refractivity contribution in [1.82, 2.24) is 0 Å². The molecule has 0 aromatic heterocycles. The molecule has 0 amide bonds. The smallest absolute Gasteiger partial charge is 0.333 e. The molecule has 2 unspecified atom stereocenters. The number of aliphatic hydroxyl groups is 2. The number of rotatable bonds is 16. The minimum absolute atomic E-state index is 0.0178. The number of hydrogen-bond donors (Lipinski definition) is 2. The van der Waals surface area contributed by atoms with E-state index in [0.29, 0.717) is 11.5 Å². The third kappa shape index (κ3) is 11.8. The number of carbonyl (C=O) groups is 2. The van der Waals surface area contributed by atoms with Gasteiger partial charge in [0.2, 0.25) is 0 Å². The van der Waals surface area contributed by atoms with Crippen LogP contribution >= 0.6 is 0 Å². The van der Waals surface area contributed by atoms with Crippen molar-refractivity contribution >= 4 is 11.9 Å². The molecule has 0 saturated heterocycles. The molecule has 2 rings (SSSR count). The fraction of sp³-hybridized carbons (Fsp3) is 0.379. The highest BCUT2D eigenvalue weighted by atomic mass is 16.6. The van der Waals surface area contributed by atoms with Crippen LogP contribution in [0.25, 0.3) is 0 Å². The predicted molar refractivity (Wildman–Crippen MR) is 139 cm³/mol. The Morgan fingerprint density at radius 2 is 1.03 bits per heavy atom. The lowest BCUT2D eigenvalue weighted by molar-refractivity contribution is -0.143. The zero-order valence-electron chi connectivity index (χ0n) is 21.5. The Labute approximate surface area is 218 Å². The van der Waals surface area contributed by atoms with E-state index in [-0.39, 0.29) is 37.6 Å². The van der Waals surface area contributed by atoms with Gasteiger partial charge < -0.3 is 29.2 Å². The van der Waals surface area contributed by atoms with Gasteiger partial charge in [0.1, 0.15) is 50.1 Å². The molecule has 2 aromatic carbocycles. The van der Waals surface area contributed by atoms with Crippen LogP contribution in [0.1, 0.15) is 31.4 Å². The van der Waals surface area contributed by atoms with E-state index in [0.717, 1.165) is 19.3 Å². The fourth-order valence-electron chi connectivity index (χ4n) is 3.07. The summed E-state index contributed by atoms with van der Waals surface area (Å²) in [5, 5.41) is 19.8. The summed E-state index contributed by atoms with van der Waals surface area (Å²) in [5.41, 5.74) is 2.90. The first-order valence-electron chi connectivity index (χ1n) is 12.1. The highest BCUT2D eigenvalue weighted by Gasteiger charge is 2.11. The van der Waals surface area contributed by atoms with Gasteiger partial charge in [-0.15, -0.1) is 0 Å². The second kappa shape index (κ2) is 15.5. The first-order valence-corrected chi connectivity index (χ1v) is 12.1. The summed E-state index contributed by atoms with van der Waals surface area (Å²) in [5.74, 6) is 0.180. The number of esters is 2.